The molecule has 0 amide bonds. The summed E-state index contributed by atoms with van der Waals surface area (Å²) in [4.78, 5) is 0. The first-order chi connectivity index (χ1) is 8.33. The van der Waals surface area contributed by atoms with Crippen LogP contribution in [0.4, 0.5) is 0 Å². The van der Waals surface area contributed by atoms with Gasteiger partial charge >= 0.3 is 0 Å². The van der Waals surface area contributed by atoms with Crippen LogP contribution in [0, 0.1) is 0 Å². The molecule has 3 nitrogen and oxygen atoms in total. The van der Waals surface area contributed by atoms with Crippen molar-refractivity contribution in [3.05, 3.63) is 23.8 Å². The monoisotopic (exact) mass is 235 g/mol. The number of ether oxygens (including phenoxy) is 2. The van der Waals surface area contributed by atoms with Crippen molar-refractivity contribution in [3.8, 4) is 11.5 Å². The molecule has 1 aromatic rings. The Bertz CT molecular complexity index is 359. The van der Waals surface area contributed by atoms with Crippen LogP contribution in [-0.2, 0) is 6.42 Å². The second-order valence-corrected chi connectivity index (χ2v) is 4.54. The number of hydrogen-bond donors (Lipinski definition) is 1. The summed E-state index contributed by atoms with van der Waals surface area (Å²) < 4.78 is 11.3. The molecular formula is C14H21NO2. The quantitative estimate of drug-likeness (QED) is 0.853. The van der Waals surface area contributed by atoms with E-state index in [0.29, 0.717) is 12.6 Å². The maximum absolute atomic E-state index is 6.07. The molecule has 17 heavy (non-hydrogen) atoms. The largest absolute Gasteiger partial charge is 0.497 e. The minimum atomic E-state index is 0.374. The van der Waals surface area contributed by atoms with Gasteiger partial charge in [-0.3, -0.25) is 0 Å². The van der Waals surface area contributed by atoms with Crippen LogP contribution in [0.3, 0.4) is 0 Å². The Labute approximate surface area is 103 Å². The van der Waals surface area contributed by atoms with E-state index in [2.05, 4.69) is 6.07 Å². The number of methoxy groups -OCH3 is 1. The van der Waals surface area contributed by atoms with Gasteiger partial charge in [-0.25, -0.2) is 0 Å². The molecule has 2 N–H and O–H groups in total. The second-order valence-electron chi connectivity index (χ2n) is 4.54. The average Bonchev–Trinajstić information content (AvgIpc) is 2.84. The van der Waals surface area contributed by atoms with Crippen LogP contribution in [0.15, 0.2) is 18.2 Å². The summed E-state index contributed by atoms with van der Waals surface area (Å²) in [5.41, 5.74) is 6.80. The van der Waals surface area contributed by atoms with Crippen LogP contribution in [-0.4, -0.2) is 19.8 Å². The molecule has 0 bridgehead atoms. The van der Waals surface area contributed by atoms with E-state index in [-0.39, 0.29) is 0 Å². The molecular weight excluding hydrogens is 214 g/mol. The molecule has 0 atom stereocenters. The van der Waals surface area contributed by atoms with Gasteiger partial charge in [-0.2, -0.15) is 0 Å². The lowest BCUT2D eigenvalue weighted by atomic mass is 10.1. The van der Waals surface area contributed by atoms with E-state index in [1.807, 2.05) is 12.1 Å². The summed E-state index contributed by atoms with van der Waals surface area (Å²) in [5.74, 6) is 1.79. The van der Waals surface area contributed by atoms with Gasteiger partial charge in [-0.1, -0.05) is 6.07 Å². The predicted octanol–water partition coefficient (Wildman–Crippen LogP) is 2.52. The maximum Gasteiger partial charge on any atom is 0.126 e. The van der Waals surface area contributed by atoms with Crippen molar-refractivity contribution in [2.24, 2.45) is 5.73 Å². The van der Waals surface area contributed by atoms with Gasteiger partial charge in [0.1, 0.15) is 11.5 Å². The Hall–Kier alpha value is -1.22. The van der Waals surface area contributed by atoms with Crippen molar-refractivity contribution in [2.45, 2.75) is 38.2 Å². The van der Waals surface area contributed by atoms with Crippen LogP contribution in [0.1, 0.15) is 31.2 Å². The topological polar surface area (TPSA) is 44.5 Å². The maximum atomic E-state index is 6.07. The summed E-state index contributed by atoms with van der Waals surface area (Å²) >= 11 is 0. The highest BCUT2D eigenvalue weighted by molar-refractivity contribution is 5.41. The zero-order valence-electron chi connectivity index (χ0n) is 10.4. The third kappa shape index (κ3) is 3.13. The summed E-state index contributed by atoms with van der Waals surface area (Å²) in [7, 11) is 1.68. The molecule has 2 rings (SSSR count). The third-order valence-electron chi connectivity index (χ3n) is 3.28. The van der Waals surface area contributed by atoms with E-state index in [0.717, 1.165) is 17.9 Å². The molecule has 0 saturated heterocycles. The molecule has 3 heteroatoms. The number of hydrogen-bond acceptors (Lipinski definition) is 3. The highest BCUT2D eigenvalue weighted by atomic mass is 16.5. The summed E-state index contributed by atoms with van der Waals surface area (Å²) in [6, 6.07) is 5.99. The Kier molecular flexibility index (Phi) is 4.26. The number of rotatable bonds is 5. The molecule has 1 saturated carbocycles. The minimum Gasteiger partial charge on any atom is -0.497 e. The van der Waals surface area contributed by atoms with Crippen molar-refractivity contribution in [1.29, 1.82) is 0 Å². The van der Waals surface area contributed by atoms with Crippen LogP contribution in [0.5, 0.6) is 11.5 Å². The molecule has 1 aliphatic rings. The van der Waals surface area contributed by atoms with Crippen molar-refractivity contribution >= 4 is 0 Å². The van der Waals surface area contributed by atoms with Crippen LogP contribution >= 0.6 is 0 Å². The van der Waals surface area contributed by atoms with Crippen LogP contribution < -0.4 is 15.2 Å². The molecule has 0 aromatic heterocycles. The van der Waals surface area contributed by atoms with Gasteiger partial charge in [0.05, 0.1) is 13.2 Å². The van der Waals surface area contributed by atoms with E-state index in [1.165, 1.54) is 31.2 Å². The Morgan fingerprint density at radius 2 is 2.06 bits per heavy atom. The fourth-order valence-electron chi connectivity index (χ4n) is 2.32. The first-order valence-corrected chi connectivity index (χ1v) is 6.37. The third-order valence-corrected chi connectivity index (χ3v) is 3.28. The highest BCUT2D eigenvalue weighted by Gasteiger charge is 2.18. The van der Waals surface area contributed by atoms with E-state index < -0.39 is 0 Å². The van der Waals surface area contributed by atoms with Gasteiger partial charge in [-0.05, 0) is 50.3 Å². The van der Waals surface area contributed by atoms with E-state index in [9.17, 15) is 0 Å². The first-order valence-electron chi connectivity index (χ1n) is 6.37. The second kappa shape index (κ2) is 5.92. The standard InChI is InChI=1S/C14H21NO2/c1-16-13-7-6-11(8-9-15)14(10-13)17-12-4-2-3-5-12/h6-7,10,12H,2-5,8-9,15H2,1H3. The first kappa shape index (κ1) is 12.2. The van der Waals surface area contributed by atoms with Gasteiger partial charge in [0.25, 0.3) is 0 Å². The lowest BCUT2D eigenvalue weighted by Gasteiger charge is -2.17. The predicted molar refractivity (Wildman–Crippen MR) is 68.6 cm³/mol. The molecule has 0 radical (unpaired) electrons. The Balaban J connectivity index is 2.14. The highest BCUT2D eigenvalue weighted by Crippen LogP contribution is 2.30. The molecule has 0 unspecified atom stereocenters. The van der Waals surface area contributed by atoms with Gasteiger partial charge in [-0.15, -0.1) is 0 Å². The average molecular weight is 235 g/mol. The molecule has 0 spiro atoms. The van der Waals surface area contributed by atoms with Crippen molar-refractivity contribution in [3.63, 3.8) is 0 Å². The van der Waals surface area contributed by atoms with Crippen molar-refractivity contribution in [2.75, 3.05) is 13.7 Å². The number of benzene rings is 1. The number of nitrogens with two attached hydrogens (primary N) is 1. The Morgan fingerprint density at radius 3 is 2.71 bits per heavy atom. The molecule has 1 aromatic carbocycles. The van der Waals surface area contributed by atoms with Gasteiger partial charge in [0.15, 0.2) is 0 Å². The van der Waals surface area contributed by atoms with Gasteiger partial charge in [0.2, 0.25) is 0 Å². The summed E-state index contributed by atoms with van der Waals surface area (Å²) in [5, 5.41) is 0. The van der Waals surface area contributed by atoms with Crippen molar-refractivity contribution < 1.29 is 9.47 Å². The van der Waals surface area contributed by atoms with Crippen LogP contribution in [0.25, 0.3) is 0 Å². The zero-order valence-corrected chi connectivity index (χ0v) is 10.4. The smallest absolute Gasteiger partial charge is 0.126 e. The lowest BCUT2D eigenvalue weighted by Crippen LogP contribution is -2.13. The van der Waals surface area contributed by atoms with Gasteiger partial charge in [0, 0.05) is 6.07 Å². The fourth-order valence-corrected chi connectivity index (χ4v) is 2.32. The van der Waals surface area contributed by atoms with Gasteiger partial charge < -0.3 is 15.2 Å². The van der Waals surface area contributed by atoms with E-state index in [4.69, 9.17) is 15.2 Å². The van der Waals surface area contributed by atoms with Crippen LogP contribution in [0.2, 0.25) is 0 Å². The normalized spacial score (nSPS) is 16.1. The molecule has 94 valence electrons. The minimum absolute atomic E-state index is 0.374. The Morgan fingerprint density at radius 1 is 1.29 bits per heavy atom. The van der Waals surface area contributed by atoms with Crippen molar-refractivity contribution in [1.82, 2.24) is 0 Å². The summed E-state index contributed by atoms with van der Waals surface area (Å²) in [6.45, 7) is 0.646. The van der Waals surface area contributed by atoms with E-state index in [1.54, 1.807) is 7.11 Å². The SMILES string of the molecule is COc1ccc(CCN)c(OC2CCCC2)c1. The zero-order chi connectivity index (χ0) is 12.1. The molecule has 0 aliphatic heterocycles. The summed E-state index contributed by atoms with van der Waals surface area (Å²) in [6.07, 6.45) is 6.12. The molecule has 1 aliphatic carbocycles. The molecule has 1 fully saturated rings. The van der Waals surface area contributed by atoms with E-state index >= 15 is 0 Å². The lowest BCUT2D eigenvalue weighted by molar-refractivity contribution is 0.207. The fraction of sp³-hybridized carbons (Fsp3) is 0.571. The molecule has 0 heterocycles.